The lowest BCUT2D eigenvalue weighted by molar-refractivity contribution is -0.130. The molecule has 0 fully saturated rings. The van der Waals surface area contributed by atoms with E-state index in [9.17, 15) is 9.59 Å². The summed E-state index contributed by atoms with van der Waals surface area (Å²) in [4.78, 5) is 30.2. The van der Waals surface area contributed by atoms with Crippen molar-refractivity contribution in [3.05, 3.63) is 59.4 Å². The van der Waals surface area contributed by atoms with Crippen molar-refractivity contribution >= 4 is 17.5 Å². The first kappa shape index (κ1) is 19.6. The summed E-state index contributed by atoms with van der Waals surface area (Å²) in [6.45, 7) is 6.45. The Balaban J connectivity index is 2.00. The van der Waals surface area contributed by atoms with Gasteiger partial charge in [-0.3, -0.25) is 14.6 Å². The highest BCUT2D eigenvalue weighted by atomic mass is 16.2. The van der Waals surface area contributed by atoms with Crippen molar-refractivity contribution in [2.24, 2.45) is 0 Å². The zero-order valence-electron chi connectivity index (χ0n) is 15.8. The number of nitrogens with zero attached hydrogens (tertiary/aromatic N) is 2. The van der Waals surface area contributed by atoms with Crippen LogP contribution in [0, 0.1) is 0 Å². The van der Waals surface area contributed by atoms with Gasteiger partial charge in [0.05, 0.1) is 12.2 Å². The van der Waals surface area contributed by atoms with Crippen LogP contribution in [0.2, 0.25) is 0 Å². The molecule has 5 heteroatoms. The van der Waals surface area contributed by atoms with Gasteiger partial charge in [-0.25, -0.2) is 0 Å². The van der Waals surface area contributed by atoms with Crippen molar-refractivity contribution in [1.29, 1.82) is 0 Å². The zero-order chi connectivity index (χ0) is 18.9. The van der Waals surface area contributed by atoms with E-state index in [0.717, 1.165) is 35.3 Å². The first-order valence-electron chi connectivity index (χ1n) is 9.11. The summed E-state index contributed by atoms with van der Waals surface area (Å²) in [5.74, 6) is -0.139. The minimum absolute atomic E-state index is 0.0633. The van der Waals surface area contributed by atoms with Gasteiger partial charge in [-0.2, -0.15) is 0 Å². The van der Waals surface area contributed by atoms with Crippen molar-refractivity contribution in [1.82, 2.24) is 9.88 Å². The van der Waals surface area contributed by atoms with Crippen molar-refractivity contribution in [2.75, 3.05) is 11.9 Å². The highest BCUT2D eigenvalue weighted by Gasteiger charge is 2.14. The molecule has 1 aromatic heterocycles. The van der Waals surface area contributed by atoms with Crippen LogP contribution in [0.25, 0.3) is 0 Å². The van der Waals surface area contributed by atoms with Crippen molar-refractivity contribution in [2.45, 2.75) is 46.6 Å². The van der Waals surface area contributed by atoms with E-state index < -0.39 is 0 Å². The normalized spacial score (nSPS) is 10.4. The number of para-hydroxylation sites is 1. The van der Waals surface area contributed by atoms with Crippen LogP contribution >= 0.6 is 0 Å². The Bertz CT molecular complexity index is 722. The topological polar surface area (TPSA) is 62.3 Å². The largest absolute Gasteiger partial charge is 0.337 e. The Morgan fingerprint density at radius 3 is 2.27 bits per heavy atom. The molecule has 138 valence electrons. The summed E-state index contributed by atoms with van der Waals surface area (Å²) < 4.78 is 0. The molecule has 0 bridgehead atoms. The number of pyridine rings is 1. The fourth-order valence-electron chi connectivity index (χ4n) is 2.88. The molecule has 0 unspecified atom stereocenters. The molecule has 2 rings (SSSR count). The summed E-state index contributed by atoms with van der Waals surface area (Å²) >= 11 is 0. The molecule has 2 aromatic rings. The van der Waals surface area contributed by atoms with E-state index in [1.165, 1.54) is 6.92 Å². The Morgan fingerprint density at radius 1 is 1.04 bits per heavy atom. The lowest BCUT2D eigenvalue weighted by Gasteiger charge is -2.21. The fourth-order valence-corrected chi connectivity index (χ4v) is 2.88. The number of nitrogens with one attached hydrogen (secondary N) is 1. The molecular weight excluding hydrogens is 326 g/mol. The molecule has 0 spiro atoms. The molecule has 0 aliphatic heterocycles. The molecule has 1 heterocycles. The standard InChI is InChI=1S/C21H27N3O2/c1-4-17-9-8-10-18(5-2)21(17)23-20(26)12-14-24(16(3)25)15-19-11-6-7-13-22-19/h6-11,13H,4-5,12,14-15H2,1-3H3,(H,23,26). The van der Waals surface area contributed by atoms with E-state index in [-0.39, 0.29) is 18.2 Å². The number of aromatic nitrogens is 1. The van der Waals surface area contributed by atoms with Gasteiger partial charge in [0.25, 0.3) is 0 Å². The first-order chi connectivity index (χ1) is 12.5. The van der Waals surface area contributed by atoms with E-state index in [1.54, 1.807) is 11.1 Å². The van der Waals surface area contributed by atoms with Crippen LogP contribution in [0.1, 0.15) is 44.0 Å². The second-order valence-corrected chi connectivity index (χ2v) is 6.22. The van der Waals surface area contributed by atoms with Crippen molar-refractivity contribution in [3.8, 4) is 0 Å². The van der Waals surface area contributed by atoms with Gasteiger partial charge < -0.3 is 10.2 Å². The number of rotatable bonds is 8. The highest BCUT2D eigenvalue weighted by molar-refractivity contribution is 5.92. The Labute approximate surface area is 155 Å². The molecule has 0 saturated heterocycles. The zero-order valence-corrected chi connectivity index (χ0v) is 15.8. The molecule has 0 radical (unpaired) electrons. The van der Waals surface area contributed by atoms with Crippen LogP contribution in [0.15, 0.2) is 42.6 Å². The minimum atomic E-state index is -0.0760. The number of hydrogen-bond donors (Lipinski definition) is 1. The molecule has 1 N–H and O–H groups in total. The SMILES string of the molecule is CCc1cccc(CC)c1NC(=O)CCN(Cc1ccccn1)C(C)=O. The summed E-state index contributed by atoms with van der Waals surface area (Å²) in [6, 6.07) is 11.7. The van der Waals surface area contributed by atoms with Crippen molar-refractivity contribution in [3.63, 3.8) is 0 Å². The Kier molecular flexibility index (Phi) is 7.33. The van der Waals surface area contributed by atoms with Gasteiger partial charge in [-0.15, -0.1) is 0 Å². The van der Waals surface area contributed by atoms with Crippen LogP contribution in [0.3, 0.4) is 0 Å². The molecule has 2 amide bonds. The molecule has 5 nitrogen and oxygen atoms in total. The summed E-state index contributed by atoms with van der Waals surface area (Å²) in [5.41, 5.74) is 4.00. The molecular formula is C21H27N3O2. The molecule has 1 aromatic carbocycles. The van der Waals surface area contributed by atoms with Gasteiger partial charge in [-0.05, 0) is 36.1 Å². The number of benzene rings is 1. The third kappa shape index (κ3) is 5.41. The van der Waals surface area contributed by atoms with Crippen molar-refractivity contribution < 1.29 is 9.59 Å². The van der Waals surface area contributed by atoms with E-state index >= 15 is 0 Å². The van der Waals surface area contributed by atoms with E-state index in [2.05, 4.69) is 24.1 Å². The molecule has 26 heavy (non-hydrogen) atoms. The predicted molar refractivity (Wildman–Crippen MR) is 104 cm³/mol. The number of aryl methyl sites for hydroxylation is 2. The minimum Gasteiger partial charge on any atom is -0.337 e. The maximum atomic E-state index is 12.5. The number of hydrogen-bond acceptors (Lipinski definition) is 3. The van der Waals surface area contributed by atoms with E-state index in [4.69, 9.17) is 0 Å². The number of amides is 2. The van der Waals surface area contributed by atoms with Gasteiger partial charge in [-0.1, -0.05) is 38.1 Å². The smallest absolute Gasteiger partial charge is 0.226 e. The van der Waals surface area contributed by atoms with Crippen LogP contribution < -0.4 is 5.32 Å². The van der Waals surface area contributed by atoms with Crippen LogP contribution in [0.4, 0.5) is 5.69 Å². The number of anilines is 1. The second kappa shape index (κ2) is 9.70. The molecule has 0 atom stereocenters. The summed E-state index contributed by atoms with van der Waals surface area (Å²) in [5, 5.41) is 3.05. The predicted octanol–water partition coefficient (Wildman–Crippen LogP) is 3.58. The Hall–Kier alpha value is -2.69. The van der Waals surface area contributed by atoms with Gasteiger partial charge in [0.1, 0.15) is 0 Å². The molecule has 0 aliphatic rings. The monoisotopic (exact) mass is 353 g/mol. The number of carbonyl (C=O) groups excluding carboxylic acids is 2. The third-order valence-electron chi connectivity index (χ3n) is 4.40. The lowest BCUT2D eigenvalue weighted by atomic mass is 10.0. The maximum absolute atomic E-state index is 12.5. The maximum Gasteiger partial charge on any atom is 0.226 e. The lowest BCUT2D eigenvalue weighted by Crippen LogP contribution is -2.32. The van der Waals surface area contributed by atoms with Gasteiger partial charge in [0.2, 0.25) is 11.8 Å². The highest BCUT2D eigenvalue weighted by Crippen LogP contribution is 2.22. The van der Waals surface area contributed by atoms with Gasteiger partial charge >= 0.3 is 0 Å². The van der Waals surface area contributed by atoms with Gasteiger partial charge in [0.15, 0.2) is 0 Å². The number of carbonyl (C=O) groups is 2. The average molecular weight is 353 g/mol. The third-order valence-corrected chi connectivity index (χ3v) is 4.40. The van der Waals surface area contributed by atoms with Crippen LogP contribution in [-0.2, 0) is 29.0 Å². The summed E-state index contributed by atoms with van der Waals surface area (Å²) in [6.07, 6.45) is 3.69. The van der Waals surface area contributed by atoms with Crippen LogP contribution in [0.5, 0.6) is 0 Å². The average Bonchev–Trinajstić information content (AvgIpc) is 2.65. The molecule has 0 aliphatic carbocycles. The van der Waals surface area contributed by atoms with E-state index in [1.807, 2.05) is 36.4 Å². The first-order valence-corrected chi connectivity index (χ1v) is 9.11. The second-order valence-electron chi connectivity index (χ2n) is 6.22. The van der Waals surface area contributed by atoms with E-state index in [0.29, 0.717) is 13.1 Å². The quantitative estimate of drug-likeness (QED) is 0.789. The van der Waals surface area contributed by atoms with Gasteiger partial charge in [0, 0.05) is 31.8 Å². The summed E-state index contributed by atoms with van der Waals surface area (Å²) in [7, 11) is 0. The fraction of sp³-hybridized carbons (Fsp3) is 0.381. The Morgan fingerprint density at radius 2 is 1.73 bits per heavy atom. The van der Waals surface area contributed by atoms with Crippen LogP contribution in [-0.4, -0.2) is 28.2 Å². The molecule has 0 saturated carbocycles.